The molecular weight excluding hydrogens is 202 g/mol. The Morgan fingerprint density at radius 2 is 2.31 bits per heavy atom. The second kappa shape index (κ2) is 4.13. The van der Waals surface area contributed by atoms with Crippen molar-refractivity contribution in [3.05, 3.63) is 17.9 Å². The lowest BCUT2D eigenvalue weighted by Crippen LogP contribution is -2.37. The summed E-state index contributed by atoms with van der Waals surface area (Å²) in [4.78, 5) is 0. The van der Waals surface area contributed by atoms with Crippen molar-refractivity contribution in [3.8, 4) is 5.95 Å². The van der Waals surface area contributed by atoms with E-state index in [-0.39, 0.29) is 6.10 Å². The highest BCUT2D eigenvalue weighted by Gasteiger charge is 2.36. The first-order chi connectivity index (χ1) is 7.83. The third kappa shape index (κ3) is 2.09. The molecule has 3 unspecified atom stereocenters. The van der Waals surface area contributed by atoms with E-state index in [2.05, 4.69) is 18.3 Å². The lowest BCUT2D eigenvalue weighted by atomic mass is 10.1. The molecule has 0 bridgehead atoms. The molecule has 88 valence electrons. The van der Waals surface area contributed by atoms with E-state index in [1.54, 1.807) is 0 Å². The van der Waals surface area contributed by atoms with Crippen molar-refractivity contribution in [3.63, 3.8) is 0 Å². The molecule has 1 saturated carbocycles. The third-order valence-electron chi connectivity index (χ3n) is 3.61. The van der Waals surface area contributed by atoms with Crippen LogP contribution < -0.4 is 10.1 Å². The van der Waals surface area contributed by atoms with Gasteiger partial charge in [-0.15, -0.1) is 0 Å². The zero-order chi connectivity index (χ0) is 11.0. The summed E-state index contributed by atoms with van der Waals surface area (Å²) in [5, 5.41) is 3.34. The molecule has 2 fully saturated rings. The van der Waals surface area contributed by atoms with Gasteiger partial charge in [0.1, 0.15) is 11.9 Å². The molecule has 3 rings (SSSR count). The molecule has 1 N–H and O–H groups in total. The van der Waals surface area contributed by atoms with Crippen LogP contribution in [0.5, 0.6) is 5.95 Å². The highest BCUT2D eigenvalue weighted by molar-refractivity contribution is 5.20. The highest BCUT2D eigenvalue weighted by atomic mass is 16.6. The fourth-order valence-corrected chi connectivity index (χ4v) is 2.40. The van der Waals surface area contributed by atoms with Crippen molar-refractivity contribution in [2.45, 2.75) is 38.2 Å². The zero-order valence-electron chi connectivity index (χ0n) is 9.74. The van der Waals surface area contributed by atoms with Gasteiger partial charge in [0.25, 0.3) is 5.95 Å². The molecule has 3 heteroatoms. The molecule has 1 aliphatic heterocycles. The molecule has 3 atom stereocenters. The maximum atomic E-state index is 5.82. The summed E-state index contributed by atoms with van der Waals surface area (Å²) < 4.78 is 11.6. The molecule has 1 aromatic rings. The summed E-state index contributed by atoms with van der Waals surface area (Å²) >= 11 is 0. The average molecular weight is 221 g/mol. The normalized spacial score (nSPS) is 33.7. The SMILES string of the molecule is CC1CC1c1ccc(OC2CCCNC2)o1. The molecular formula is C13H19NO2. The van der Waals surface area contributed by atoms with Gasteiger partial charge in [0.15, 0.2) is 0 Å². The van der Waals surface area contributed by atoms with E-state index < -0.39 is 0 Å². The first-order valence-corrected chi connectivity index (χ1v) is 6.30. The summed E-state index contributed by atoms with van der Waals surface area (Å²) in [5.74, 6) is 3.23. The molecule has 2 aliphatic rings. The van der Waals surface area contributed by atoms with Gasteiger partial charge < -0.3 is 14.5 Å². The van der Waals surface area contributed by atoms with Crippen LogP contribution in [0.25, 0.3) is 0 Å². The van der Waals surface area contributed by atoms with Gasteiger partial charge >= 0.3 is 0 Å². The second-order valence-corrected chi connectivity index (χ2v) is 5.06. The molecule has 2 heterocycles. The summed E-state index contributed by atoms with van der Waals surface area (Å²) in [7, 11) is 0. The molecule has 1 aromatic heterocycles. The van der Waals surface area contributed by atoms with Crippen LogP contribution >= 0.6 is 0 Å². The number of hydrogen-bond donors (Lipinski definition) is 1. The standard InChI is InChI=1S/C13H19NO2/c1-9-7-11(9)12-4-5-13(16-12)15-10-3-2-6-14-8-10/h4-5,9-11,14H,2-3,6-8H2,1H3. The molecule has 0 aromatic carbocycles. The van der Waals surface area contributed by atoms with Crippen molar-refractivity contribution in [2.24, 2.45) is 5.92 Å². The van der Waals surface area contributed by atoms with Crippen LogP contribution in [0.4, 0.5) is 0 Å². The van der Waals surface area contributed by atoms with Crippen molar-refractivity contribution < 1.29 is 9.15 Å². The van der Waals surface area contributed by atoms with E-state index in [0.29, 0.717) is 11.9 Å². The molecule has 0 amide bonds. The van der Waals surface area contributed by atoms with Gasteiger partial charge in [0, 0.05) is 18.5 Å². The van der Waals surface area contributed by atoms with E-state index in [1.807, 2.05) is 6.07 Å². The van der Waals surface area contributed by atoms with Gasteiger partial charge in [-0.1, -0.05) is 6.92 Å². The van der Waals surface area contributed by atoms with E-state index in [9.17, 15) is 0 Å². The van der Waals surface area contributed by atoms with Gasteiger partial charge in [0.2, 0.25) is 0 Å². The first-order valence-electron chi connectivity index (χ1n) is 6.30. The predicted octanol–water partition coefficient (Wildman–Crippen LogP) is 2.53. The zero-order valence-corrected chi connectivity index (χ0v) is 9.74. The fourth-order valence-electron chi connectivity index (χ4n) is 2.40. The van der Waals surface area contributed by atoms with E-state index >= 15 is 0 Å². The maximum absolute atomic E-state index is 5.82. The molecule has 16 heavy (non-hydrogen) atoms. The van der Waals surface area contributed by atoms with Crippen LogP contribution in [0, 0.1) is 5.92 Å². The topological polar surface area (TPSA) is 34.4 Å². The van der Waals surface area contributed by atoms with Crippen LogP contribution in [0.3, 0.4) is 0 Å². The van der Waals surface area contributed by atoms with Crippen molar-refractivity contribution in [1.82, 2.24) is 5.32 Å². The van der Waals surface area contributed by atoms with Gasteiger partial charge in [-0.25, -0.2) is 0 Å². The van der Waals surface area contributed by atoms with Crippen LogP contribution in [-0.4, -0.2) is 19.2 Å². The van der Waals surface area contributed by atoms with Crippen LogP contribution in [0.1, 0.15) is 37.9 Å². The Kier molecular flexibility index (Phi) is 2.64. The van der Waals surface area contributed by atoms with Gasteiger partial charge in [-0.05, 0) is 37.8 Å². The van der Waals surface area contributed by atoms with Gasteiger partial charge in [-0.3, -0.25) is 0 Å². The number of piperidine rings is 1. The van der Waals surface area contributed by atoms with Crippen LogP contribution in [0.2, 0.25) is 0 Å². The highest BCUT2D eigenvalue weighted by Crippen LogP contribution is 2.48. The Labute approximate surface area is 96.2 Å². The Morgan fingerprint density at radius 3 is 3.00 bits per heavy atom. The lowest BCUT2D eigenvalue weighted by molar-refractivity contribution is 0.128. The quantitative estimate of drug-likeness (QED) is 0.851. The summed E-state index contributed by atoms with van der Waals surface area (Å²) in [5.41, 5.74) is 0. The largest absolute Gasteiger partial charge is 0.460 e. The first kappa shape index (κ1) is 10.2. The Morgan fingerprint density at radius 1 is 1.44 bits per heavy atom. The van der Waals surface area contributed by atoms with Crippen molar-refractivity contribution in [1.29, 1.82) is 0 Å². The smallest absolute Gasteiger partial charge is 0.284 e. The molecule has 1 aliphatic carbocycles. The third-order valence-corrected chi connectivity index (χ3v) is 3.61. The Hall–Kier alpha value is -0.960. The fraction of sp³-hybridized carbons (Fsp3) is 0.692. The lowest BCUT2D eigenvalue weighted by Gasteiger charge is -2.22. The van der Waals surface area contributed by atoms with E-state index in [1.165, 1.54) is 12.8 Å². The molecule has 3 nitrogen and oxygen atoms in total. The predicted molar refractivity (Wildman–Crippen MR) is 61.7 cm³/mol. The minimum absolute atomic E-state index is 0.282. The molecule has 0 radical (unpaired) electrons. The van der Waals surface area contributed by atoms with Gasteiger partial charge in [0.05, 0.1) is 0 Å². The second-order valence-electron chi connectivity index (χ2n) is 5.06. The Bertz CT molecular complexity index is 355. The number of nitrogens with one attached hydrogen (secondary N) is 1. The Balaban J connectivity index is 1.59. The number of furan rings is 1. The van der Waals surface area contributed by atoms with E-state index in [0.717, 1.165) is 31.2 Å². The van der Waals surface area contributed by atoms with Crippen LogP contribution in [0.15, 0.2) is 16.5 Å². The van der Waals surface area contributed by atoms with Crippen LogP contribution in [-0.2, 0) is 0 Å². The van der Waals surface area contributed by atoms with Gasteiger partial charge in [-0.2, -0.15) is 0 Å². The number of hydrogen-bond acceptors (Lipinski definition) is 3. The average Bonchev–Trinajstić information content (AvgIpc) is 2.86. The monoisotopic (exact) mass is 221 g/mol. The van der Waals surface area contributed by atoms with E-state index in [4.69, 9.17) is 9.15 Å². The summed E-state index contributed by atoms with van der Waals surface area (Å²) in [6.07, 6.45) is 3.86. The van der Waals surface area contributed by atoms with Crippen molar-refractivity contribution >= 4 is 0 Å². The summed E-state index contributed by atoms with van der Waals surface area (Å²) in [6, 6.07) is 4.04. The van der Waals surface area contributed by atoms with Crippen molar-refractivity contribution in [2.75, 3.05) is 13.1 Å². The number of ether oxygens (including phenoxy) is 1. The molecule has 1 saturated heterocycles. The molecule has 0 spiro atoms. The number of rotatable bonds is 3. The minimum atomic E-state index is 0.282. The summed E-state index contributed by atoms with van der Waals surface area (Å²) in [6.45, 7) is 4.32. The maximum Gasteiger partial charge on any atom is 0.284 e. The minimum Gasteiger partial charge on any atom is -0.460 e.